The number of aryl methyl sites for hydroxylation is 2. The zero-order chi connectivity index (χ0) is 21.1. The number of rotatable bonds is 7. The van der Waals surface area contributed by atoms with E-state index in [4.69, 9.17) is 9.57 Å². The third-order valence-electron chi connectivity index (χ3n) is 4.62. The molecule has 1 aliphatic rings. The van der Waals surface area contributed by atoms with Crippen molar-refractivity contribution in [1.29, 1.82) is 0 Å². The number of carbonyl (C=O) groups is 1. The van der Waals surface area contributed by atoms with E-state index in [0.717, 1.165) is 33.7 Å². The molecule has 3 heterocycles. The summed E-state index contributed by atoms with van der Waals surface area (Å²) in [6.45, 7) is 4.94. The molecule has 0 saturated carbocycles. The maximum atomic E-state index is 12.6. The van der Waals surface area contributed by atoms with Crippen molar-refractivity contribution in [1.82, 2.24) is 19.6 Å². The Morgan fingerprint density at radius 3 is 2.83 bits per heavy atom. The highest BCUT2D eigenvalue weighted by molar-refractivity contribution is 9.10. The third-order valence-corrected chi connectivity index (χ3v) is 5.15. The van der Waals surface area contributed by atoms with Gasteiger partial charge in [-0.2, -0.15) is 10.2 Å². The summed E-state index contributed by atoms with van der Waals surface area (Å²) in [4.78, 5) is 17.9. The summed E-state index contributed by atoms with van der Waals surface area (Å²) in [5.41, 5.74) is 3.06. The number of carbonyl (C=O) groups excluding carboxylic acids is 1. The van der Waals surface area contributed by atoms with E-state index in [0.29, 0.717) is 12.1 Å². The molecule has 1 aromatic carbocycles. The molecule has 0 saturated heterocycles. The van der Waals surface area contributed by atoms with Crippen molar-refractivity contribution in [3.8, 4) is 5.75 Å². The van der Waals surface area contributed by atoms with Gasteiger partial charge >= 0.3 is 0 Å². The second-order valence-electron chi connectivity index (χ2n) is 6.81. The van der Waals surface area contributed by atoms with Crippen LogP contribution in [-0.4, -0.2) is 37.3 Å². The van der Waals surface area contributed by atoms with Gasteiger partial charge in [-0.05, 0) is 38.1 Å². The smallest absolute Gasteiger partial charge is 0.268 e. The van der Waals surface area contributed by atoms with Crippen molar-refractivity contribution >= 4 is 33.2 Å². The van der Waals surface area contributed by atoms with Crippen LogP contribution in [0.5, 0.6) is 5.75 Å². The fourth-order valence-electron chi connectivity index (χ4n) is 3.03. The van der Waals surface area contributed by atoms with Crippen LogP contribution >= 0.6 is 15.9 Å². The number of halogens is 1. The molecule has 0 spiro atoms. The van der Waals surface area contributed by atoms with Gasteiger partial charge in [-0.1, -0.05) is 21.1 Å². The molecular weight excluding hydrogens is 452 g/mol. The van der Waals surface area contributed by atoms with Crippen LogP contribution in [0, 0.1) is 6.92 Å². The van der Waals surface area contributed by atoms with E-state index in [1.807, 2.05) is 49.0 Å². The first-order valence-corrected chi connectivity index (χ1v) is 10.3. The molecule has 0 aliphatic carbocycles. The lowest BCUT2D eigenvalue weighted by Crippen LogP contribution is -2.27. The van der Waals surface area contributed by atoms with Gasteiger partial charge in [0.25, 0.3) is 5.91 Å². The van der Waals surface area contributed by atoms with Crippen molar-refractivity contribution in [3.63, 3.8) is 0 Å². The van der Waals surface area contributed by atoms with Gasteiger partial charge in [0.05, 0.1) is 29.5 Å². The van der Waals surface area contributed by atoms with Gasteiger partial charge in [-0.15, -0.1) is 0 Å². The van der Waals surface area contributed by atoms with Crippen molar-refractivity contribution in [2.45, 2.75) is 39.6 Å². The lowest BCUT2D eigenvalue weighted by molar-refractivity contribution is -0.125. The van der Waals surface area contributed by atoms with Crippen LogP contribution in [0.15, 0.2) is 52.5 Å². The molecule has 156 valence electrons. The number of hydrogen-bond acceptors (Lipinski definition) is 6. The molecule has 2 aromatic heterocycles. The Morgan fingerprint density at radius 2 is 2.10 bits per heavy atom. The molecule has 30 heavy (non-hydrogen) atoms. The van der Waals surface area contributed by atoms with E-state index in [9.17, 15) is 4.79 Å². The molecule has 1 unspecified atom stereocenters. The van der Waals surface area contributed by atoms with Gasteiger partial charge < -0.3 is 14.9 Å². The molecule has 0 radical (unpaired) electrons. The Labute approximate surface area is 181 Å². The number of benzene rings is 1. The first-order chi connectivity index (χ1) is 14.5. The van der Waals surface area contributed by atoms with E-state index < -0.39 is 6.10 Å². The SMILES string of the molecule is CCn1cc(C2=NOC(C(=O)Nc3cnn(COc4ccc(Br)cc4)c3)C2)c(C)n1. The van der Waals surface area contributed by atoms with Crippen molar-refractivity contribution in [2.75, 3.05) is 5.32 Å². The molecule has 4 rings (SSSR count). The summed E-state index contributed by atoms with van der Waals surface area (Å²) < 4.78 is 10.1. The molecule has 1 atom stereocenters. The standard InChI is InChI=1S/C20H21BrN6O3/c1-3-26-11-17(13(2)24-26)18-8-19(30-25-18)20(28)23-15-9-22-27(10-15)12-29-16-6-4-14(21)5-7-16/h4-7,9-11,19H,3,8,12H2,1-2H3,(H,23,28). The quantitative estimate of drug-likeness (QED) is 0.568. The second-order valence-corrected chi connectivity index (χ2v) is 7.72. The number of oxime groups is 1. The lowest BCUT2D eigenvalue weighted by atomic mass is 10.1. The summed E-state index contributed by atoms with van der Waals surface area (Å²) in [6, 6.07) is 7.52. The topological polar surface area (TPSA) is 95.6 Å². The summed E-state index contributed by atoms with van der Waals surface area (Å²) in [6.07, 6.45) is 4.89. The van der Waals surface area contributed by atoms with Gasteiger partial charge in [0.15, 0.2) is 6.73 Å². The predicted octanol–water partition coefficient (Wildman–Crippen LogP) is 3.34. The van der Waals surface area contributed by atoms with Gasteiger partial charge in [0.2, 0.25) is 6.10 Å². The third kappa shape index (κ3) is 4.54. The van der Waals surface area contributed by atoms with Gasteiger partial charge in [0.1, 0.15) is 5.75 Å². The average Bonchev–Trinajstić information content (AvgIpc) is 3.47. The Kier molecular flexibility index (Phi) is 5.84. The maximum Gasteiger partial charge on any atom is 0.268 e. The van der Waals surface area contributed by atoms with Gasteiger partial charge in [-0.25, -0.2) is 4.68 Å². The zero-order valence-electron chi connectivity index (χ0n) is 16.6. The average molecular weight is 473 g/mol. The first-order valence-electron chi connectivity index (χ1n) is 9.50. The van der Waals surface area contributed by atoms with Crippen LogP contribution in [0.3, 0.4) is 0 Å². The van der Waals surface area contributed by atoms with Crippen LogP contribution in [0.25, 0.3) is 0 Å². The minimum Gasteiger partial charge on any atom is -0.471 e. The Morgan fingerprint density at radius 1 is 1.30 bits per heavy atom. The monoisotopic (exact) mass is 472 g/mol. The molecule has 9 nitrogen and oxygen atoms in total. The van der Waals surface area contributed by atoms with E-state index in [-0.39, 0.29) is 12.6 Å². The lowest BCUT2D eigenvalue weighted by Gasteiger charge is -2.08. The highest BCUT2D eigenvalue weighted by Crippen LogP contribution is 2.21. The Hall–Kier alpha value is -3.14. The molecule has 3 aromatic rings. The molecule has 1 amide bonds. The van der Waals surface area contributed by atoms with Crippen molar-refractivity contribution < 1.29 is 14.4 Å². The molecule has 1 aliphatic heterocycles. The normalized spacial score (nSPS) is 15.6. The van der Waals surface area contributed by atoms with Gasteiger partial charge in [-0.3, -0.25) is 9.48 Å². The summed E-state index contributed by atoms with van der Waals surface area (Å²) in [7, 11) is 0. The van der Waals surface area contributed by atoms with Crippen LogP contribution in [0.4, 0.5) is 5.69 Å². The van der Waals surface area contributed by atoms with E-state index in [1.54, 1.807) is 17.1 Å². The van der Waals surface area contributed by atoms with Crippen LogP contribution < -0.4 is 10.1 Å². The van der Waals surface area contributed by atoms with Crippen LogP contribution in [0.2, 0.25) is 0 Å². The number of aromatic nitrogens is 4. The fraction of sp³-hybridized carbons (Fsp3) is 0.300. The number of amides is 1. The molecule has 10 heteroatoms. The zero-order valence-corrected chi connectivity index (χ0v) is 18.2. The number of nitrogens with zero attached hydrogens (tertiary/aromatic N) is 5. The van der Waals surface area contributed by atoms with E-state index >= 15 is 0 Å². The molecular formula is C20H21BrN6O3. The summed E-state index contributed by atoms with van der Waals surface area (Å²) >= 11 is 3.38. The van der Waals surface area contributed by atoms with E-state index in [2.05, 4.69) is 36.6 Å². The van der Waals surface area contributed by atoms with Crippen LogP contribution in [-0.2, 0) is 22.9 Å². The first kappa shape index (κ1) is 20.1. The van der Waals surface area contributed by atoms with Gasteiger partial charge in [0, 0.05) is 29.2 Å². The molecule has 0 fully saturated rings. The van der Waals surface area contributed by atoms with Crippen molar-refractivity contribution in [2.24, 2.45) is 5.16 Å². The highest BCUT2D eigenvalue weighted by Gasteiger charge is 2.30. The Balaban J connectivity index is 1.30. The van der Waals surface area contributed by atoms with Crippen molar-refractivity contribution in [3.05, 3.63) is 58.6 Å². The summed E-state index contributed by atoms with van der Waals surface area (Å²) in [5.74, 6) is 0.452. The maximum absolute atomic E-state index is 12.6. The number of nitrogens with one attached hydrogen (secondary N) is 1. The second kappa shape index (κ2) is 8.70. The minimum absolute atomic E-state index is 0.228. The highest BCUT2D eigenvalue weighted by atomic mass is 79.9. The minimum atomic E-state index is -0.688. The van der Waals surface area contributed by atoms with E-state index in [1.165, 1.54) is 0 Å². The fourth-order valence-corrected chi connectivity index (χ4v) is 3.30. The predicted molar refractivity (Wildman–Crippen MR) is 114 cm³/mol. The molecule has 1 N–H and O–H groups in total. The number of anilines is 1. The molecule has 0 bridgehead atoms. The number of ether oxygens (including phenoxy) is 1. The number of hydrogen-bond donors (Lipinski definition) is 1. The largest absolute Gasteiger partial charge is 0.471 e. The summed E-state index contributed by atoms with van der Waals surface area (Å²) in [5, 5.41) is 15.5. The van der Waals surface area contributed by atoms with Crippen LogP contribution in [0.1, 0.15) is 24.6 Å². The Bertz CT molecular complexity index is 1070.